The number of rotatable bonds is 8. The summed E-state index contributed by atoms with van der Waals surface area (Å²) >= 11 is 0. The van der Waals surface area contributed by atoms with E-state index in [9.17, 15) is 4.79 Å². The molecule has 2 aromatic rings. The first-order valence-electron chi connectivity index (χ1n) is 8.73. The van der Waals surface area contributed by atoms with Crippen LogP contribution in [0.15, 0.2) is 60.7 Å². The van der Waals surface area contributed by atoms with Gasteiger partial charge in [-0.1, -0.05) is 60.7 Å². The number of carbonyl (C=O) groups excluding carboxylic acids is 1. The fraction of sp³-hybridized carbons (Fsp3) is 0.381. The minimum atomic E-state index is -0.278. The summed E-state index contributed by atoms with van der Waals surface area (Å²) in [6.45, 7) is 3.37. The van der Waals surface area contributed by atoms with E-state index in [1.165, 1.54) is 5.56 Å². The van der Waals surface area contributed by atoms with Crippen LogP contribution < -0.4 is 5.32 Å². The van der Waals surface area contributed by atoms with Crippen LogP contribution in [0.25, 0.3) is 0 Å². The van der Waals surface area contributed by atoms with E-state index < -0.39 is 0 Å². The lowest BCUT2D eigenvalue weighted by atomic mass is 9.95. The molecule has 1 fully saturated rings. The number of benzene rings is 2. The van der Waals surface area contributed by atoms with Gasteiger partial charge in [0.05, 0.1) is 11.5 Å². The molecule has 2 aromatic carbocycles. The van der Waals surface area contributed by atoms with Gasteiger partial charge < -0.3 is 10.1 Å². The van der Waals surface area contributed by atoms with Gasteiger partial charge in [-0.2, -0.15) is 0 Å². The molecule has 0 heterocycles. The molecule has 1 unspecified atom stereocenters. The molecule has 1 saturated carbocycles. The number of nitrogens with one attached hydrogen (secondary N) is 1. The van der Waals surface area contributed by atoms with Crippen molar-refractivity contribution in [2.24, 2.45) is 0 Å². The van der Waals surface area contributed by atoms with Gasteiger partial charge in [-0.3, -0.25) is 4.79 Å². The summed E-state index contributed by atoms with van der Waals surface area (Å²) in [6, 6.07) is 20.3. The predicted octanol–water partition coefficient (Wildman–Crippen LogP) is 4.00. The van der Waals surface area contributed by atoms with Crippen molar-refractivity contribution in [1.82, 2.24) is 5.32 Å². The molecule has 1 N–H and O–H groups in total. The molecule has 3 nitrogen and oxygen atoms in total. The second-order valence-electron chi connectivity index (χ2n) is 6.48. The summed E-state index contributed by atoms with van der Waals surface area (Å²) in [5.41, 5.74) is 2.04. The molecule has 0 aromatic heterocycles. The van der Waals surface area contributed by atoms with E-state index in [1.807, 2.05) is 36.4 Å². The van der Waals surface area contributed by atoms with Crippen LogP contribution >= 0.6 is 0 Å². The maximum atomic E-state index is 12.5. The summed E-state index contributed by atoms with van der Waals surface area (Å²) in [5, 5.41) is 3.08. The molecule has 1 aliphatic rings. The Morgan fingerprint density at radius 3 is 2.33 bits per heavy atom. The molecule has 1 amide bonds. The Bertz CT molecular complexity index is 650. The summed E-state index contributed by atoms with van der Waals surface area (Å²) in [6.07, 6.45) is 2.81. The lowest BCUT2D eigenvalue weighted by Gasteiger charge is -2.16. The first kappa shape index (κ1) is 16.7. The molecular formula is C21H25NO2. The molecule has 3 rings (SSSR count). The summed E-state index contributed by atoms with van der Waals surface area (Å²) < 4.78 is 5.84. The molecule has 0 radical (unpaired) electrons. The molecule has 1 aliphatic carbocycles. The lowest BCUT2D eigenvalue weighted by molar-refractivity contribution is -0.123. The van der Waals surface area contributed by atoms with Crippen molar-refractivity contribution in [3.63, 3.8) is 0 Å². The van der Waals surface area contributed by atoms with Crippen molar-refractivity contribution in [3.05, 3.63) is 71.8 Å². The topological polar surface area (TPSA) is 38.3 Å². The van der Waals surface area contributed by atoms with E-state index in [4.69, 9.17) is 4.74 Å². The zero-order chi connectivity index (χ0) is 16.8. The van der Waals surface area contributed by atoms with Crippen LogP contribution in [0.3, 0.4) is 0 Å². The van der Waals surface area contributed by atoms with Crippen LogP contribution in [-0.2, 0) is 14.9 Å². The van der Waals surface area contributed by atoms with E-state index in [0.29, 0.717) is 13.2 Å². The van der Waals surface area contributed by atoms with Crippen molar-refractivity contribution >= 4 is 5.91 Å². The van der Waals surface area contributed by atoms with Crippen molar-refractivity contribution in [2.45, 2.75) is 37.7 Å². The van der Waals surface area contributed by atoms with Gasteiger partial charge in [0.15, 0.2) is 0 Å². The van der Waals surface area contributed by atoms with E-state index >= 15 is 0 Å². The smallest absolute Gasteiger partial charge is 0.230 e. The number of hydrogen-bond acceptors (Lipinski definition) is 2. The Kier molecular flexibility index (Phi) is 5.31. The largest absolute Gasteiger partial charge is 0.374 e. The first-order valence-corrected chi connectivity index (χ1v) is 8.73. The fourth-order valence-corrected chi connectivity index (χ4v) is 3.05. The zero-order valence-electron chi connectivity index (χ0n) is 14.2. The lowest BCUT2D eigenvalue weighted by Crippen LogP contribution is -2.35. The maximum Gasteiger partial charge on any atom is 0.230 e. The van der Waals surface area contributed by atoms with Gasteiger partial charge >= 0.3 is 0 Å². The minimum Gasteiger partial charge on any atom is -0.374 e. The summed E-state index contributed by atoms with van der Waals surface area (Å²) in [7, 11) is 0. The molecule has 1 atom stereocenters. The average molecular weight is 323 g/mol. The van der Waals surface area contributed by atoms with E-state index in [2.05, 4.69) is 36.5 Å². The van der Waals surface area contributed by atoms with Gasteiger partial charge in [0.2, 0.25) is 5.91 Å². The molecule has 0 aliphatic heterocycles. The van der Waals surface area contributed by atoms with Crippen LogP contribution in [0.2, 0.25) is 0 Å². The summed E-state index contributed by atoms with van der Waals surface area (Å²) in [5.74, 6) is 0.157. The highest BCUT2D eigenvalue weighted by atomic mass is 16.5. The molecular weight excluding hydrogens is 298 g/mol. The highest BCUT2D eigenvalue weighted by Gasteiger charge is 2.50. The average Bonchev–Trinajstić information content (AvgIpc) is 3.44. The Hall–Kier alpha value is -2.13. The Morgan fingerprint density at radius 1 is 1.08 bits per heavy atom. The SMILES string of the molecule is CC(OCCCNC(=O)C1(c2ccccc2)CC1)c1ccccc1. The van der Waals surface area contributed by atoms with Gasteiger partial charge in [-0.05, 0) is 37.3 Å². The van der Waals surface area contributed by atoms with Crippen LogP contribution in [0.1, 0.15) is 43.4 Å². The molecule has 3 heteroatoms. The monoisotopic (exact) mass is 323 g/mol. The Morgan fingerprint density at radius 2 is 1.71 bits per heavy atom. The first-order chi connectivity index (χ1) is 11.7. The third-order valence-corrected chi connectivity index (χ3v) is 4.75. The zero-order valence-corrected chi connectivity index (χ0v) is 14.2. The van der Waals surface area contributed by atoms with Crippen molar-refractivity contribution in [1.29, 1.82) is 0 Å². The van der Waals surface area contributed by atoms with Gasteiger partial charge in [-0.15, -0.1) is 0 Å². The number of ether oxygens (including phenoxy) is 1. The van der Waals surface area contributed by atoms with Gasteiger partial charge in [0.1, 0.15) is 0 Å². The van der Waals surface area contributed by atoms with Crippen molar-refractivity contribution < 1.29 is 9.53 Å². The molecule has 0 spiro atoms. The normalized spacial score (nSPS) is 16.4. The second-order valence-corrected chi connectivity index (χ2v) is 6.48. The van der Waals surface area contributed by atoms with Crippen LogP contribution in [0.5, 0.6) is 0 Å². The predicted molar refractivity (Wildman–Crippen MR) is 95.8 cm³/mol. The fourth-order valence-electron chi connectivity index (χ4n) is 3.05. The Balaban J connectivity index is 1.39. The molecule has 126 valence electrons. The van der Waals surface area contributed by atoms with Crippen LogP contribution in [-0.4, -0.2) is 19.1 Å². The maximum absolute atomic E-state index is 12.5. The van der Waals surface area contributed by atoms with Crippen LogP contribution in [0, 0.1) is 0 Å². The minimum absolute atomic E-state index is 0.0843. The van der Waals surface area contributed by atoms with E-state index in [1.54, 1.807) is 0 Å². The summed E-state index contributed by atoms with van der Waals surface area (Å²) in [4.78, 5) is 12.5. The van der Waals surface area contributed by atoms with Crippen molar-refractivity contribution in [2.75, 3.05) is 13.2 Å². The molecule has 0 bridgehead atoms. The third-order valence-electron chi connectivity index (χ3n) is 4.75. The third kappa shape index (κ3) is 3.85. The molecule has 24 heavy (non-hydrogen) atoms. The quantitative estimate of drug-likeness (QED) is 0.746. The molecule has 0 saturated heterocycles. The number of hydrogen-bond donors (Lipinski definition) is 1. The second kappa shape index (κ2) is 7.63. The van der Waals surface area contributed by atoms with E-state index in [0.717, 1.165) is 24.8 Å². The van der Waals surface area contributed by atoms with Gasteiger partial charge in [0.25, 0.3) is 0 Å². The highest BCUT2D eigenvalue weighted by Crippen LogP contribution is 2.48. The number of carbonyl (C=O) groups is 1. The van der Waals surface area contributed by atoms with Gasteiger partial charge in [0, 0.05) is 13.2 Å². The number of amides is 1. The standard InChI is InChI=1S/C21H25NO2/c1-17(18-9-4-2-5-10-18)24-16-8-15-22-20(23)21(13-14-21)19-11-6-3-7-12-19/h2-7,9-12,17H,8,13-16H2,1H3,(H,22,23). The Labute approximate surface area is 144 Å². The highest BCUT2D eigenvalue weighted by molar-refractivity contribution is 5.91. The van der Waals surface area contributed by atoms with Crippen LogP contribution in [0.4, 0.5) is 0 Å². The van der Waals surface area contributed by atoms with Crippen molar-refractivity contribution in [3.8, 4) is 0 Å². The van der Waals surface area contributed by atoms with Gasteiger partial charge in [-0.25, -0.2) is 0 Å². The van der Waals surface area contributed by atoms with E-state index in [-0.39, 0.29) is 17.4 Å².